The van der Waals surface area contributed by atoms with Gasteiger partial charge in [0.1, 0.15) is 0 Å². The Balaban J connectivity index is 1.83. The van der Waals surface area contributed by atoms with E-state index in [0.29, 0.717) is 0 Å². The van der Waals surface area contributed by atoms with Crippen LogP contribution in [0.15, 0.2) is 18.2 Å². The summed E-state index contributed by atoms with van der Waals surface area (Å²) in [4.78, 5) is 35.3. The lowest BCUT2D eigenvalue weighted by Gasteiger charge is -2.13. The maximum Gasteiger partial charge on any atom is 0.387 e. The van der Waals surface area contributed by atoms with E-state index in [9.17, 15) is 23.2 Å². The molecule has 1 fully saturated rings. The summed E-state index contributed by atoms with van der Waals surface area (Å²) < 4.78 is 38.5. The molecular formula is C17H20F2N2O6. The van der Waals surface area contributed by atoms with E-state index in [1.807, 2.05) is 0 Å². The number of esters is 1. The maximum absolute atomic E-state index is 12.3. The largest absolute Gasteiger partial charge is 0.493 e. The Kier molecular flexibility index (Phi) is 7.33. The number of hydrogen-bond donors (Lipinski definition) is 2. The van der Waals surface area contributed by atoms with Gasteiger partial charge in [0.05, 0.1) is 12.7 Å². The monoisotopic (exact) mass is 386 g/mol. The summed E-state index contributed by atoms with van der Waals surface area (Å²) in [5.41, 5.74) is -0.0309. The molecule has 2 N–H and O–H groups in total. The fourth-order valence-electron chi connectivity index (χ4n) is 2.66. The van der Waals surface area contributed by atoms with Crippen LogP contribution in [0.2, 0.25) is 0 Å². The smallest absolute Gasteiger partial charge is 0.387 e. The van der Waals surface area contributed by atoms with Crippen molar-refractivity contribution < 1.29 is 37.4 Å². The van der Waals surface area contributed by atoms with Crippen molar-refractivity contribution in [2.24, 2.45) is 0 Å². The number of hydrogen-bond acceptors (Lipinski definition) is 6. The molecule has 10 heteroatoms. The van der Waals surface area contributed by atoms with Gasteiger partial charge in [-0.3, -0.25) is 10.1 Å². The second-order valence-corrected chi connectivity index (χ2v) is 5.82. The van der Waals surface area contributed by atoms with Gasteiger partial charge in [0, 0.05) is 6.04 Å². The molecule has 0 atom stereocenters. The lowest BCUT2D eigenvalue weighted by atomic mass is 10.2. The van der Waals surface area contributed by atoms with Crippen LogP contribution in [0.1, 0.15) is 36.0 Å². The molecule has 2 rings (SSSR count). The fourth-order valence-corrected chi connectivity index (χ4v) is 2.66. The third-order valence-electron chi connectivity index (χ3n) is 3.89. The molecule has 3 amide bonds. The molecule has 1 aliphatic carbocycles. The van der Waals surface area contributed by atoms with Crippen LogP contribution in [0.5, 0.6) is 11.5 Å². The van der Waals surface area contributed by atoms with Crippen molar-refractivity contribution in [2.45, 2.75) is 38.3 Å². The molecule has 148 valence electrons. The van der Waals surface area contributed by atoms with Crippen molar-refractivity contribution in [1.29, 1.82) is 0 Å². The maximum atomic E-state index is 12.3. The molecule has 0 aromatic heterocycles. The Morgan fingerprint density at radius 1 is 1.19 bits per heavy atom. The molecule has 0 spiro atoms. The highest BCUT2D eigenvalue weighted by molar-refractivity contribution is 5.97. The van der Waals surface area contributed by atoms with Crippen molar-refractivity contribution >= 4 is 17.9 Å². The first-order chi connectivity index (χ1) is 12.9. The summed E-state index contributed by atoms with van der Waals surface area (Å²) in [5, 5.41) is 4.74. The van der Waals surface area contributed by atoms with Crippen molar-refractivity contribution in [3.8, 4) is 11.5 Å². The molecule has 0 heterocycles. The average Bonchev–Trinajstić information content (AvgIpc) is 3.12. The highest BCUT2D eigenvalue weighted by Gasteiger charge is 2.19. The molecule has 0 aliphatic heterocycles. The molecule has 1 aromatic rings. The number of urea groups is 1. The normalized spacial score (nSPS) is 13.9. The van der Waals surface area contributed by atoms with Crippen LogP contribution in [0.4, 0.5) is 13.6 Å². The summed E-state index contributed by atoms with van der Waals surface area (Å²) in [6.45, 7) is -3.72. The van der Waals surface area contributed by atoms with E-state index >= 15 is 0 Å². The number of methoxy groups -OCH3 is 1. The van der Waals surface area contributed by atoms with E-state index in [-0.39, 0.29) is 23.1 Å². The van der Waals surface area contributed by atoms with Gasteiger partial charge in [-0.25, -0.2) is 9.59 Å². The Morgan fingerprint density at radius 3 is 2.52 bits per heavy atom. The van der Waals surface area contributed by atoms with Gasteiger partial charge in [0.25, 0.3) is 5.91 Å². The van der Waals surface area contributed by atoms with Gasteiger partial charge in [-0.15, -0.1) is 0 Å². The van der Waals surface area contributed by atoms with Crippen LogP contribution in [0.25, 0.3) is 0 Å². The van der Waals surface area contributed by atoms with Crippen molar-refractivity contribution in [3.05, 3.63) is 23.8 Å². The number of ether oxygens (including phenoxy) is 3. The predicted octanol–water partition coefficient (Wildman–Crippen LogP) is 2.22. The van der Waals surface area contributed by atoms with E-state index < -0.39 is 31.1 Å². The molecule has 1 aromatic carbocycles. The number of carbonyl (C=O) groups excluding carboxylic acids is 3. The summed E-state index contributed by atoms with van der Waals surface area (Å²) >= 11 is 0. The standard InChI is InChI=1S/C17H20F2N2O6/c1-25-13-8-10(6-7-12(13)27-16(18)19)15(23)26-9-14(22)21-17(24)20-11-4-2-3-5-11/h6-8,11,16H,2-5,9H2,1H3,(H2,20,21,22,24). The number of benzene rings is 1. The van der Waals surface area contributed by atoms with Gasteiger partial charge in [-0.05, 0) is 31.0 Å². The summed E-state index contributed by atoms with van der Waals surface area (Å²) in [6, 6.07) is 2.86. The molecule has 0 radical (unpaired) electrons. The summed E-state index contributed by atoms with van der Waals surface area (Å²) in [6.07, 6.45) is 3.79. The van der Waals surface area contributed by atoms with Crippen LogP contribution in [-0.4, -0.2) is 44.3 Å². The Morgan fingerprint density at radius 2 is 1.89 bits per heavy atom. The zero-order valence-electron chi connectivity index (χ0n) is 14.6. The number of nitrogens with one attached hydrogen (secondary N) is 2. The predicted molar refractivity (Wildman–Crippen MR) is 88.8 cm³/mol. The molecule has 0 bridgehead atoms. The van der Waals surface area contributed by atoms with Crippen LogP contribution in [0.3, 0.4) is 0 Å². The molecule has 8 nitrogen and oxygen atoms in total. The highest BCUT2D eigenvalue weighted by Crippen LogP contribution is 2.29. The third kappa shape index (κ3) is 6.39. The van der Waals surface area contributed by atoms with Gasteiger partial charge in [0.15, 0.2) is 18.1 Å². The van der Waals surface area contributed by atoms with Crippen LogP contribution in [0, 0.1) is 0 Å². The molecule has 1 aliphatic rings. The van der Waals surface area contributed by atoms with E-state index in [1.165, 1.54) is 13.2 Å². The minimum Gasteiger partial charge on any atom is -0.493 e. The first-order valence-corrected chi connectivity index (χ1v) is 8.29. The summed E-state index contributed by atoms with van der Waals surface area (Å²) in [7, 11) is 1.22. The lowest BCUT2D eigenvalue weighted by molar-refractivity contribution is -0.123. The van der Waals surface area contributed by atoms with Crippen molar-refractivity contribution in [3.63, 3.8) is 0 Å². The second kappa shape index (κ2) is 9.70. The average molecular weight is 386 g/mol. The molecule has 0 unspecified atom stereocenters. The third-order valence-corrected chi connectivity index (χ3v) is 3.89. The van der Waals surface area contributed by atoms with E-state index in [2.05, 4.69) is 15.4 Å². The SMILES string of the molecule is COc1cc(C(=O)OCC(=O)NC(=O)NC2CCCC2)ccc1OC(F)F. The number of imide groups is 1. The number of carbonyl (C=O) groups is 3. The zero-order chi connectivity index (χ0) is 19.8. The topological polar surface area (TPSA) is 103 Å². The molecule has 0 saturated heterocycles. The van der Waals surface area contributed by atoms with E-state index in [4.69, 9.17) is 9.47 Å². The lowest BCUT2D eigenvalue weighted by Crippen LogP contribution is -2.44. The number of alkyl halides is 2. The van der Waals surface area contributed by atoms with Crippen LogP contribution >= 0.6 is 0 Å². The number of rotatable bonds is 7. The second-order valence-electron chi connectivity index (χ2n) is 5.82. The number of amides is 3. The van der Waals surface area contributed by atoms with Gasteiger partial charge in [-0.2, -0.15) is 8.78 Å². The van der Waals surface area contributed by atoms with Crippen LogP contribution in [-0.2, 0) is 9.53 Å². The molecular weight excluding hydrogens is 366 g/mol. The fraction of sp³-hybridized carbons (Fsp3) is 0.471. The Hall–Kier alpha value is -2.91. The van der Waals surface area contributed by atoms with E-state index in [0.717, 1.165) is 37.8 Å². The zero-order valence-corrected chi connectivity index (χ0v) is 14.6. The first kappa shape index (κ1) is 20.4. The van der Waals surface area contributed by atoms with Gasteiger partial charge in [-0.1, -0.05) is 12.8 Å². The van der Waals surface area contributed by atoms with Crippen LogP contribution < -0.4 is 20.1 Å². The highest BCUT2D eigenvalue weighted by atomic mass is 19.3. The van der Waals surface area contributed by atoms with Gasteiger partial charge < -0.3 is 19.5 Å². The quantitative estimate of drug-likeness (QED) is 0.697. The molecule has 1 saturated carbocycles. The van der Waals surface area contributed by atoms with Crippen molar-refractivity contribution in [2.75, 3.05) is 13.7 Å². The number of halogens is 2. The summed E-state index contributed by atoms with van der Waals surface area (Å²) in [5.74, 6) is -2.01. The first-order valence-electron chi connectivity index (χ1n) is 8.29. The van der Waals surface area contributed by atoms with E-state index in [1.54, 1.807) is 0 Å². The Bertz CT molecular complexity index is 692. The van der Waals surface area contributed by atoms with Gasteiger partial charge in [0.2, 0.25) is 0 Å². The minimum absolute atomic E-state index is 0.0309. The van der Waals surface area contributed by atoms with Crippen molar-refractivity contribution in [1.82, 2.24) is 10.6 Å². The minimum atomic E-state index is -3.05. The molecule has 27 heavy (non-hydrogen) atoms. The van der Waals surface area contributed by atoms with Gasteiger partial charge >= 0.3 is 18.6 Å². The Labute approximate surface area is 154 Å².